The normalized spacial score (nSPS) is 23.3. The van der Waals surface area contributed by atoms with Crippen LogP contribution in [0.5, 0.6) is 0 Å². The van der Waals surface area contributed by atoms with Gasteiger partial charge in [0.05, 0.1) is 13.1 Å². The van der Waals surface area contributed by atoms with E-state index in [1.807, 2.05) is 0 Å². The maximum Gasteiger partial charge on any atom is 0.429 e. The molecule has 0 aromatic rings. The van der Waals surface area contributed by atoms with E-state index < -0.39 is 35.6 Å². The van der Waals surface area contributed by atoms with Gasteiger partial charge in [-0.2, -0.15) is 0 Å². The van der Waals surface area contributed by atoms with Gasteiger partial charge in [0.25, 0.3) is 0 Å². The number of carbonyl (C=O) groups excluding carboxylic acids is 2. The number of nitrogens with zero attached hydrogens (tertiary/aromatic N) is 2. The lowest BCUT2D eigenvalue weighted by Gasteiger charge is -2.42. The largest absolute Gasteiger partial charge is 0.442 e. The van der Waals surface area contributed by atoms with Gasteiger partial charge in [0.1, 0.15) is 23.4 Å². The van der Waals surface area contributed by atoms with Crippen LogP contribution in [0.25, 0.3) is 0 Å². The van der Waals surface area contributed by atoms with Gasteiger partial charge < -0.3 is 19.7 Å². The van der Waals surface area contributed by atoms with Crippen LogP contribution >= 0.6 is 0 Å². The molecular weight excluding hydrogens is 292 g/mol. The number of β-amino-alcohol motifs (C(OH)–C–C–N with tert-alkyl or cyclic N) is 2. The third kappa shape index (κ3) is 5.34. The van der Waals surface area contributed by atoms with Crippen molar-refractivity contribution in [2.24, 2.45) is 0 Å². The first kappa shape index (κ1) is 18.5. The van der Waals surface area contributed by atoms with E-state index >= 15 is 0 Å². The van der Waals surface area contributed by atoms with Gasteiger partial charge in [-0.1, -0.05) is 0 Å². The maximum absolute atomic E-state index is 12.2. The van der Waals surface area contributed by atoms with Gasteiger partial charge in [-0.3, -0.25) is 0 Å². The molecule has 0 aromatic heterocycles. The molecule has 8 nitrogen and oxygen atoms in total. The second kappa shape index (κ2) is 6.29. The van der Waals surface area contributed by atoms with Crippen LogP contribution in [0.15, 0.2) is 0 Å². The molecule has 0 aliphatic carbocycles. The van der Waals surface area contributed by atoms with E-state index in [0.717, 1.165) is 10.0 Å². The number of hydrogen-bond acceptors (Lipinski definition) is 6. The van der Waals surface area contributed by atoms with E-state index in [-0.39, 0.29) is 13.1 Å². The molecule has 0 radical (unpaired) electrons. The molecule has 1 saturated heterocycles. The fraction of sp³-hybridized carbons (Fsp3) is 0.857. The third-order valence-corrected chi connectivity index (χ3v) is 2.66. The highest BCUT2D eigenvalue weighted by Gasteiger charge is 2.41. The fourth-order valence-electron chi connectivity index (χ4n) is 1.77. The number of ether oxygens (including phenoxy) is 2. The lowest BCUT2D eigenvalue weighted by molar-refractivity contribution is -0.135. The summed E-state index contributed by atoms with van der Waals surface area (Å²) in [6, 6.07) is 0. The molecule has 22 heavy (non-hydrogen) atoms. The van der Waals surface area contributed by atoms with E-state index in [2.05, 4.69) is 0 Å². The Morgan fingerprint density at radius 2 is 1.09 bits per heavy atom. The minimum atomic E-state index is -1.16. The lowest BCUT2D eigenvalue weighted by Crippen LogP contribution is -2.63. The topological polar surface area (TPSA) is 99.5 Å². The van der Waals surface area contributed by atoms with Crippen molar-refractivity contribution < 1.29 is 29.3 Å². The average molecular weight is 318 g/mol. The zero-order valence-corrected chi connectivity index (χ0v) is 14.0. The lowest BCUT2D eigenvalue weighted by atomic mass is 10.1. The SMILES string of the molecule is CC(C)(C)OC(=O)N1CC(O)C(O)CN1C(=O)OC(C)(C)C. The summed E-state index contributed by atoms with van der Waals surface area (Å²) in [6.45, 7) is 9.65. The van der Waals surface area contributed by atoms with Gasteiger partial charge in [0, 0.05) is 0 Å². The van der Waals surface area contributed by atoms with Crippen LogP contribution in [-0.2, 0) is 9.47 Å². The molecule has 1 aliphatic heterocycles. The molecular formula is C14H26N2O6. The van der Waals surface area contributed by atoms with Crippen LogP contribution in [-0.4, -0.2) is 68.9 Å². The Balaban J connectivity index is 2.93. The number of rotatable bonds is 0. The first-order valence-electron chi connectivity index (χ1n) is 7.17. The molecule has 2 amide bonds. The van der Waals surface area contributed by atoms with E-state index in [9.17, 15) is 19.8 Å². The van der Waals surface area contributed by atoms with Crippen LogP contribution < -0.4 is 0 Å². The van der Waals surface area contributed by atoms with Gasteiger partial charge in [-0.05, 0) is 41.5 Å². The molecule has 0 saturated carbocycles. The van der Waals surface area contributed by atoms with E-state index in [1.165, 1.54) is 0 Å². The molecule has 128 valence electrons. The molecule has 2 N–H and O–H groups in total. The summed E-state index contributed by atoms with van der Waals surface area (Å²) in [4.78, 5) is 24.4. The molecule has 0 bridgehead atoms. The number of amides is 2. The Bertz CT molecular complexity index is 386. The van der Waals surface area contributed by atoms with Crippen molar-refractivity contribution in [3.63, 3.8) is 0 Å². The van der Waals surface area contributed by atoms with E-state index in [0.29, 0.717) is 0 Å². The Morgan fingerprint density at radius 3 is 1.32 bits per heavy atom. The van der Waals surface area contributed by atoms with Gasteiger partial charge in [0.2, 0.25) is 0 Å². The molecule has 1 aliphatic rings. The quantitative estimate of drug-likeness (QED) is 0.694. The summed E-state index contributed by atoms with van der Waals surface area (Å²) in [7, 11) is 0. The van der Waals surface area contributed by atoms with Crippen molar-refractivity contribution in [1.29, 1.82) is 0 Å². The number of hydrazine groups is 1. The summed E-state index contributed by atoms with van der Waals surface area (Å²) in [5, 5.41) is 21.4. The number of aliphatic hydroxyl groups excluding tert-OH is 2. The van der Waals surface area contributed by atoms with Crippen LogP contribution in [0, 0.1) is 0 Å². The predicted octanol–water partition coefficient (Wildman–Crippen LogP) is 1.11. The van der Waals surface area contributed by atoms with E-state index in [4.69, 9.17) is 9.47 Å². The highest BCUT2D eigenvalue weighted by atomic mass is 16.6. The third-order valence-electron chi connectivity index (χ3n) is 2.66. The van der Waals surface area contributed by atoms with Crippen LogP contribution in [0.2, 0.25) is 0 Å². The monoisotopic (exact) mass is 318 g/mol. The molecule has 0 spiro atoms. The second-order valence-corrected chi connectivity index (χ2v) is 7.26. The van der Waals surface area contributed by atoms with Gasteiger partial charge in [-0.25, -0.2) is 19.6 Å². The van der Waals surface area contributed by atoms with Crippen LogP contribution in [0.4, 0.5) is 9.59 Å². The van der Waals surface area contributed by atoms with Crippen molar-refractivity contribution in [3.05, 3.63) is 0 Å². The fourth-order valence-corrected chi connectivity index (χ4v) is 1.77. The number of carbonyl (C=O) groups is 2. The smallest absolute Gasteiger partial charge is 0.429 e. The molecule has 2 atom stereocenters. The Labute approximate surface area is 130 Å². The highest BCUT2D eigenvalue weighted by Crippen LogP contribution is 2.20. The van der Waals surface area contributed by atoms with Gasteiger partial charge in [-0.15, -0.1) is 0 Å². The Hall–Kier alpha value is -1.54. The number of aliphatic hydroxyl groups is 2. The predicted molar refractivity (Wildman–Crippen MR) is 77.9 cm³/mol. The zero-order chi connectivity index (χ0) is 17.3. The second-order valence-electron chi connectivity index (χ2n) is 7.26. The molecule has 1 heterocycles. The molecule has 8 heteroatoms. The summed E-state index contributed by atoms with van der Waals surface area (Å²) in [5.74, 6) is 0. The first-order chi connectivity index (χ1) is 9.80. The first-order valence-corrected chi connectivity index (χ1v) is 7.17. The van der Waals surface area contributed by atoms with Gasteiger partial charge >= 0.3 is 12.2 Å². The highest BCUT2D eigenvalue weighted by molar-refractivity contribution is 5.75. The zero-order valence-electron chi connectivity index (χ0n) is 14.0. The minimum Gasteiger partial charge on any atom is -0.442 e. The standard InChI is InChI=1S/C14H26N2O6/c1-13(2,3)21-11(19)15-7-9(17)10(18)8-16(15)12(20)22-14(4,5)6/h9-10,17-18H,7-8H2,1-6H3. The molecule has 1 rings (SSSR count). The van der Waals surface area contributed by atoms with Crippen molar-refractivity contribution in [2.75, 3.05) is 13.1 Å². The minimum absolute atomic E-state index is 0.255. The van der Waals surface area contributed by atoms with Crippen molar-refractivity contribution in [2.45, 2.75) is 65.0 Å². The maximum atomic E-state index is 12.2. The van der Waals surface area contributed by atoms with Crippen molar-refractivity contribution >= 4 is 12.2 Å². The summed E-state index contributed by atoms with van der Waals surface area (Å²) in [5.41, 5.74) is -1.50. The Morgan fingerprint density at radius 1 is 0.818 bits per heavy atom. The summed E-state index contributed by atoms with van der Waals surface area (Å²) in [6.07, 6.45) is -3.90. The molecule has 1 fully saturated rings. The van der Waals surface area contributed by atoms with E-state index in [1.54, 1.807) is 41.5 Å². The average Bonchev–Trinajstić information content (AvgIpc) is 2.27. The molecule has 2 unspecified atom stereocenters. The van der Waals surface area contributed by atoms with Crippen molar-refractivity contribution in [3.8, 4) is 0 Å². The summed E-state index contributed by atoms with van der Waals surface area (Å²) < 4.78 is 10.4. The molecule has 0 aromatic carbocycles. The summed E-state index contributed by atoms with van der Waals surface area (Å²) >= 11 is 0. The van der Waals surface area contributed by atoms with Gasteiger partial charge in [0.15, 0.2) is 0 Å². The van der Waals surface area contributed by atoms with Crippen LogP contribution in [0.1, 0.15) is 41.5 Å². The van der Waals surface area contributed by atoms with Crippen LogP contribution in [0.3, 0.4) is 0 Å². The van der Waals surface area contributed by atoms with Crippen molar-refractivity contribution in [1.82, 2.24) is 10.0 Å². The number of hydrogen-bond donors (Lipinski definition) is 2. The Kier molecular flexibility index (Phi) is 5.30.